The van der Waals surface area contributed by atoms with Crippen LogP contribution >= 0.6 is 0 Å². The van der Waals surface area contributed by atoms with Crippen molar-refractivity contribution in [3.63, 3.8) is 0 Å². The van der Waals surface area contributed by atoms with Gasteiger partial charge in [0.05, 0.1) is 18.1 Å². The van der Waals surface area contributed by atoms with Crippen molar-refractivity contribution in [2.24, 2.45) is 17.8 Å². The van der Waals surface area contributed by atoms with E-state index in [0.29, 0.717) is 12.0 Å². The van der Waals surface area contributed by atoms with E-state index in [0.717, 1.165) is 12.1 Å². The first-order valence-corrected chi connectivity index (χ1v) is 20.1. The predicted molar refractivity (Wildman–Crippen MR) is 220 cm³/mol. The Morgan fingerprint density at radius 3 is 2.48 bits per heavy atom. The number of ether oxygens (including phenoxy) is 2. The van der Waals surface area contributed by atoms with Crippen LogP contribution in [0.25, 0.3) is 0 Å². The first kappa shape index (κ1) is 48.9. The Bertz CT molecular complexity index is 1810. The summed E-state index contributed by atoms with van der Waals surface area (Å²) in [5.41, 5.74) is 3.63. The molecule has 0 aliphatic carbocycles. The molecular formula is C44H59FN4O11. The summed E-state index contributed by atoms with van der Waals surface area (Å²) in [6.45, 7) is 11.5. The second-order valence-corrected chi connectivity index (χ2v) is 15.5. The maximum atomic E-state index is 14.4. The normalized spacial score (nSPS) is 27.8. The molecule has 0 radical (unpaired) electrons. The van der Waals surface area contributed by atoms with E-state index >= 15 is 0 Å². The van der Waals surface area contributed by atoms with Gasteiger partial charge in [-0.3, -0.25) is 24.2 Å². The Hall–Kier alpha value is -5.45. The lowest BCUT2D eigenvalue weighted by Crippen LogP contribution is -2.62. The number of hydrogen-bond acceptors (Lipinski definition) is 12. The number of cyclic esters (lactones) is 1. The number of hydrazine groups is 1. The van der Waals surface area contributed by atoms with Gasteiger partial charge in [0.25, 0.3) is 5.91 Å². The Kier molecular flexibility index (Phi) is 19.5. The number of carbonyl (C=O) groups excluding carboxylic acids is 6. The number of phenols is 1. The van der Waals surface area contributed by atoms with Gasteiger partial charge < -0.3 is 40.2 Å². The molecule has 0 aromatic heterocycles. The molecule has 1 aromatic carbocycles. The minimum Gasteiger partial charge on any atom is -0.508 e. The third-order valence-electron chi connectivity index (χ3n) is 10.2. The lowest BCUT2D eigenvalue weighted by Gasteiger charge is -2.36. The van der Waals surface area contributed by atoms with Crippen LogP contribution in [0, 0.1) is 23.6 Å². The zero-order chi connectivity index (χ0) is 44.5. The Balaban J connectivity index is 2.08. The Morgan fingerprint density at radius 2 is 1.82 bits per heavy atom. The largest absolute Gasteiger partial charge is 0.508 e. The van der Waals surface area contributed by atoms with Crippen LogP contribution in [0.2, 0.25) is 0 Å². The molecule has 60 heavy (non-hydrogen) atoms. The van der Waals surface area contributed by atoms with Crippen molar-refractivity contribution >= 4 is 35.4 Å². The quantitative estimate of drug-likeness (QED) is 0.0820. The van der Waals surface area contributed by atoms with Gasteiger partial charge in [-0.15, -0.1) is 0 Å². The molecule has 1 fully saturated rings. The van der Waals surface area contributed by atoms with Crippen LogP contribution in [0.3, 0.4) is 0 Å². The number of allylic oxidation sites excluding steroid dienone is 4. The van der Waals surface area contributed by atoms with Crippen LogP contribution in [0.5, 0.6) is 5.75 Å². The number of Topliss-reactive ketones (excluding diaryl/α,β-unsaturated/α-hetero) is 1. The highest BCUT2D eigenvalue weighted by molar-refractivity contribution is 5.93. The number of nitrogens with one attached hydrogen (secondary N) is 3. The molecule has 6 N–H and O–H groups in total. The molecule has 8 atom stereocenters. The fourth-order valence-electron chi connectivity index (χ4n) is 6.69. The third-order valence-corrected chi connectivity index (χ3v) is 10.2. The summed E-state index contributed by atoms with van der Waals surface area (Å²) in [6, 6.07) is -0.437. The average Bonchev–Trinajstić information content (AvgIpc) is 3.19. The van der Waals surface area contributed by atoms with Gasteiger partial charge in [-0.25, -0.2) is 14.6 Å². The van der Waals surface area contributed by atoms with Gasteiger partial charge in [-0.1, -0.05) is 69.9 Å². The highest BCUT2D eigenvalue weighted by Crippen LogP contribution is 2.24. The number of amides is 3. The number of fused-ring (bicyclic) bond motifs is 2. The van der Waals surface area contributed by atoms with E-state index in [1.807, 2.05) is 0 Å². The summed E-state index contributed by atoms with van der Waals surface area (Å²) in [6.07, 6.45) is 8.67. The van der Waals surface area contributed by atoms with Crippen LogP contribution in [0.4, 0.5) is 4.39 Å². The SMILES string of the molecule is C=CCOC(=O)/C=C/C=C(\C)[C@@H]1C/C=C/C=C/[C@H](O)[C@H](C)[C@@H](O)[C@@H](CCC(C)=O)C(=O)N[C@@H](C(C)C)C(=O)N[C@@H](Cc2cc(O)cc(F)c2)C(=O)N2CCCC(N2)C(=O)O1. The second kappa shape index (κ2) is 24.0. The number of aliphatic hydroxyl groups is 2. The summed E-state index contributed by atoms with van der Waals surface area (Å²) in [7, 11) is 0. The summed E-state index contributed by atoms with van der Waals surface area (Å²) in [4.78, 5) is 79.9. The predicted octanol–water partition coefficient (Wildman–Crippen LogP) is 3.20. The lowest BCUT2D eigenvalue weighted by molar-refractivity contribution is -0.156. The number of ketones is 1. The molecule has 2 heterocycles. The highest BCUT2D eigenvalue weighted by Gasteiger charge is 2.38. The molecule has 2 aliphatic heterocycles. The van der Waals surface area contributed by atoms with Gasteiger partial charge in [0.15, 0.2) is 0 Å². The van der Waals surface area contributed by atoms with E-state index in [9.17, 15) is 48.5 Å². The lowest BCUT2D eigenvalue weighted by atomic mass is 9.84. The van der Waals surface area contributed by atoms with Crippen LogP contribution in [-0.4, -0.2) is 105 Å². The molecule has 1 saturated heterocycles. The van der Waals surface area contributed by atoms with Crippen LogP contribution in [-0.2, 0) is 44.7 Å². The van der Waals surface area contributed by atoms with Crippen molar-refractivity contribution in [1.29, 1.82) is 0 Å². The standard InChI is InChI=1S/C44H59FN4O11/c1-7-21-59-38(53)17-11-13-27(4)37-16-10-8-9-15-36(52)29(6)40(54)33(19-18-28(5)50)41(55)47-39(26(2)3)42(56)46-35(24-30-22-31(45)25-32(51)23-30)43(57)49-20-12-14-34(48-49)44(58)60-37/h7-11,13,15,17,22-23,25-26,29,33-37,39-40,48,51-52,54H,1,12,14,16,18-21,24H2,2-6H3,(H,46,56)(H,47,55)/b10-8+,15-9+,17-11+,27-13+/t29-,33+,34?,35-,36-,37-,39-,40+/m0/s1. The van der Waals surface area contributed by atoms with E-state index in [4.69, 9.17) is 9.47 Å². The molecule has 1 aromatic rings. The van der Waals surface area contributed by atoms with E-state index in [1.54, 1.807) is 39.0 Å². The van der Waals surface area contributed by atoms with E-state index in [2.05, 4.69) is 22.6 Å². The number of carbonyl (C=O) groups is 6. The van der Waals surface area contributed by atoms with Crippen molar-refractivity contribution in [2.75, 3.05) is 13.2 Å². The molecule has 16 heteroatoms. The summed E-state index contributed by atoms with van der Waals surface area (Å²) in [5, 5.41) is 39.1. The minimum absolute atomic E-state index is 0.0283. The minimum atomic E-state index is -1.46. The molecule has 0 spiro atoms. The number of nitrogens with zero attached hydrogens (tertiary/aromatic N) is 1. The number of benzene rings is 1. The number of aliphatic hydroxyl groups excluding tert-OH is 2. The van der Waals surface area contributed by atoms with Crippen molar-refractivity contribution in [3.8, 4) is 5.75 Å². The second-order valence-electron chi connectivity index (χ2n) is 15.5. The number of halogens is 1. The summed E-state index contributed by atoms with van der Waals surface area (Å²) < 4.78 is 25.3. The van der Waals surface area contributed by atoms with Gasteiger partial charge in [-0.05, 0) is 62.3 Å². The monoisotopic (exact) mass is 838 g/mol. The van der Waals surface area contributed by atoms with Gasteiger partial charge in [0, 0.05) is 43.9 Å². The van der Waals surface area contributed by atoms with Gasteiger partial charge in [-0.2, -0.15) is 0 Å². The summed E-state index contributed by atoms with van der Waals surface area (Å²) >= 11 is 0. The smallest absolute Gasteiger partial charge is 0.331 e. The van der Waals surface area contributed by atoms with Crippen molar-refractivity contribution in [2.45, 2.75) is 110 Å². The molecule has 2 bridgehead atoms. The number of rotatable bonds is 11. The topological polar surface area (TPSA) is 221 Å². The molecule has 3 rings (SSSR count). The van der Waals surface area contributed by atoms with Gasteiger partial charge in [0.2, 0.25) is 11.8 Å². The maximum Gasteiger partial charge on any atom is 0.331 e. The zero-order valence-corrected chi connectivity index (χ0v) is 34.8. The van der Waals surface area contributed by atoms with Crippen LogP contribution < -0.4 is 16.1 Å². The first-order valence-electron chi connectivity index (χ1n) is 20.1. The number of phenolic OH excluding ortho intramolecular Hbond substituents is 1. The summed E-state index contributed by atoms with van der Waals surface area (Å²) in [5.74, 6) is -7.67. The molecule has 3 amide bonds. The first-order chi connectivity index (χ1) is 28.4. The maximum absolute atomic E-state index is 14.4. The number of esters is 2. The van der Waals surface area contributed by atoms with Crippen LogP contribution in [0.15, 0.2) is 79.0 Å². The molecule has 2 aliphatic rings. The highest BCUT2D eigenvalue weighted by atomic mass is 19.1. The van der Waals surface area contributed by atoms with Crippen molar-refractivity contribution < 1.29 is 58.0 Å². The van der Waals surface area contributed by atoms with Crippen LogP contribution in [0.1, 0.15) is 72.3 Å². The average molecular weight is 839 g/mol. The molecule has 15 nitrogen and oxygen atoms in total. The Morgan fingerprint density at radius 1 is 1.08 bits per heavy atom. The van der Waals surface area contributed by atoms with Gasteiger partial charge >= 0.3 is 11.9 Å². The van der Waals surface area contributed by atoms with E-state index < -0.39 is 95.4 Å². The molecule has 328 valence electrons. The zero-order valence-electron chi connectivity index (χ0n) is 34.8. The molecule has 1 unspecified atom stereocenters. The molecule has 0 saturated carbocycles. The fourth-order valence-corrected chi connectivity index (χ4v) is 6.69. The van der Waals surface area contributed by atoms with Crippen molar-refractivity contribution in [3.05, 3.63) is 90.3 Å². The fraction of sp³-hybridized carbons (Fsp3) is 0.500. The number of hydrogen-bond donors (Lipinski definition) is 6. The van der Waals surface area contributed by atoms with Gasteiger partial charge in [0.1, 0.15) is 48.2 Å². The van der Waals surface area contributed by atoms with Crippen molar-refractivity contribution in [1.82, 2.24) is 21.1 Å². The van der Waals surface area contributed by atoms with E-state index in [1.165, 1.54) is 55.3 Å². The number of aromatic hydroxyl groups is 1. The molecular weight excluding hydrogens is 779 g/mol. The van der Waals surface area contributed by atoms with E-state index in [-0.39, 0.29) is 56.6 Å². The third kappa shape index (κ3) is 15.3. The Labute approximate surface area is 350 Å².